The maximum atomic E-state index is 14.0. The van der Waals surface area contributed by atoms with Crippen LogP contribution in [0.3, 0.4) is 0 Å². The average molecular weight is 387 g/mol. The summed E-state index contributed by atoms with van der Waals surface area (Å²) in [5, 5.41) is 3.32. The van der Waals surface area contributed by atoms with Gasteiger partial charge in [0.1, 0.15) is 11.6 Å². The fraction of sp³-hybridized carbons (Fsp3) is 0.250. The van der Waals surface area contributed by atoms with E-state index in [1.165, 1.54) is 12.1 Å². The van der Waals surface area contributed by atoms with Gasteiger partial charge in [-0.25, -0.2) is 8.78 Å². The molecule has 1 nitrogen and oxygen atoms in total. The average Bonchev–Trinajstić information content (AvgIpc) is 2.41. The van der Waals surface area contributed by atoms with E-state index < -0.39 is 11.6 Å². The molecule has 20 heavy (non-hydrogen) atoms. The van der Waals surface area contributed by atoms with Crippen LogP contribution in [0.2, 0.25) is 0 Å². The number of hydrogen-bond donors (Lipinski definition) is 1. The quantitative estimate of drug-likeness (QED) is 0.737. The highest BCUT2D eigenvalue weighted by atomic mass is 127. The first-order valence-electron chi connectivity index (χ1n) is 6.55. The van der Waals surface area contributed by atoms with Crippen molar-refractivity contribution in [1.82, 2.24) is 5.32 Å². The second-order valence-corrected chi connectivity index (χ2v) is 5.85. The summed E-state index contributed by atoms with van der Waals surface area (Å²) in [4.78, 5) is 0. The smallest absolute Gasteiger partial charge is 0.131 e. The summed E-state index contributed by atoms with van der Waals surface area (Å²) in [6.07, 6.45) is 0.948. The van der Waals surface area contributed by atoms with E-state index in [1.807, 2.05) is 24.3 Å². The lowest BCUT2D eigenvalue weighted by Gasteiger charge is -2.20. The molecule has 0 saturated heterocycles. The molecule has 2 aromatic rings. The van der Waals surface area contributed by atoms with E-state index in [0.29, 0.717) is 5.56 Å². The van der Waals surface area contributed by atoms with Gasteiger partial charge in [-0.05, 0) is 59.3 Å². The zero-order valence-electron chi connectivity index (χ0n) is 11.2. The molecule has 2 rings (SSSR count). The van der Waals surface area contributed by atoms with Gasteiger partial charge in [-0.2, -0.15) is 0 Å². The summed E-state index contributed by atoms with van der Waals surface area (Å²) < 4.78 is 28.2. The van der Waals surface area contributed by atoms with Crippen LogP contribution in [0.5, 0.6) is 0 Å². The van der Waals surface area contributed by atoms with Gasteiger partial charge in [0.25, 0.3) is 0 Å². The summed E-state index contributed by atoms with van der Waals surface area (Å²) in [5.74, 6) is -1.07. The molecule has 0 heterocycles. The Morgan fingerprint density at radius 1 is 1.15 bits per heavy atom. The van der Waals surface area contributed by atoms with Crippen LogP contribution in [0.4, 0.5) is 8.78 Å². The second kappa shape index (κ2) is 7.13. The monoisotopic (exact) mass is 387 g/mol. The molecular formula is C16H16F2IN. The normalized spacial score (nSPS) is 12.4. The van der Waals surface area contributed by atoms with Crippen LogP contribution < -0.4 is 5.32 Å². The van der Waals surface area contributed by atoms with Crippen LogP contribution in [0.1, 0.15) is 30.5 Å². The van der Waals surface area contributed by atoms with Gasteiger partial charge < -0.3 is 5.32 Å². The minimum absolute atomic E-state index is 0.259. The molecule has 106 valence electrons. The third-order valence-corrected chi connectivity index (χ3v) is 3.72. The maximum absolute atomic E-state index is 14.0. The van der Waals surface area contributed by atoms with Gasteiger partial charge in [0.15, 0.2) is 0 Å². The molecule has 0 spiro atoms. The zero-order chi connectivity index (χ0) is 14.5. The van der Waals surface area contributed by atoms with Gasteiger partial charge in [0.05, 0.1) is 6.04 Å². The number of hydrogen-bond acceptors (Lipinski definition) is 1. The molecule has 0 aliphatic heterocycles. The third kappa shape index (κ3) is 3.76. The lowest BCUT2D eigenvalue weighted by molar-refractivity contribution is 0.532. The standard InChI is InChI=1S/C16H16F2IN/c1-2-8-20-16(11-4-3-5-13(19)9-11)14-7-6-12(17)10-15(14)18/h3-7,9-10,16,20H,2,8H2,1H3. The third-order valence-electron chi connectivity index (χ3n) is 3.05. The van der Waals surface area contributed by atoms with Crippen LogP contribution >= 0.6 is 22.6 Å². The molecule has 1 N–H and O–H groups in total. The Hall–Kier alpha value is -1.01. The molecule has 1 unspecified atom stereocenters. The van der Waals surface area contributed by atoms with Gasteiger partial charge in [-0.15, -0.1) is 0 Å². The Bertz CT molecular complexity index is 586. The molecule has 0 amide bonds. The first-order valence-corrected chi connectivity index (χ1v) is 7.63. The minimum Gasteiger partial charge on any atom is -0.306 e. The number of rotatable bonds is 5. The summed E-state index contributed by atoms with van der Waals surface area (Å²) >= 11 is 2.23. The molecule has 0 radical (unpaired) electrons. The Kier molecular flexibility index (Phi) is 5.48. The Morgan fingerprint density at radius 3 is 2.60 bits per heavy atom. The van der Waals surface area contributed by atoms with Crippen LogP contribution in [0.25, 0.3) is 0 Å². The van der Waals surface area contributed by atoms with Crippen LogP contribution in [-0.4, -0.2) is 6.54 Å². The summed E-state index contributed by atoms with van der Waals surface area (Å²) in [5.41, 5.74) is 1.46. The van der Waals surface area contributed by atoms with Crippen LogP contribution in [0, 0.1) is 15.2 Å². The van der Waals surface area contributed by atoms with Crippen molar-refractivity contribution in [2.45, 2.75) is 19.4 Å². The van der Waals surface area contributed by atoms with Crippen LogP contribution in [-0.2, 0) is 0 Å². The molecule has 0 fully saturated rings. The van der Waals surface area contributed by atoms with Gasteiger partial charge in [0, 0.05) is 15.2 Å². The first kappa shape index (κ1) is 15.4. The van der Waals surface area contributed by atoms with Crippen molar-refractivity contribution in [2.75, 3.05) is 6.54 Å². The van der Waals surface area contributed by atoms with Crippen molar-refractivity contribution in [3.05, 3.63) is 68.8 Å². The predicted octanol–water partition coefficient (Wildman–Crippen LogP) is 4.66. The fourth-order valence-corrected chi connectivity index (χ4v) is 2.68. The van der Waals surface area contributed by atoms with E-state index in [-0.39, 0.29) is 6.04 Å². The molecule has 0 aromatic heterocycles. The van der Waals surface area contributed by atoms with E-state index in [2.05, 4.69) is 34.8 Å². The van der Waals surface area contributed by atoms with Gasteiger partial charge in [0.2, 0.25) is 0 Å². The topological polar surface area (TPSA) is 12.0 Å². The lowest BCUT2D eigenvalue weighted by Crippen LogP contribution is -2.24. The summed E-state index contributed by atoms with van der Waals surface area (Å²) in [6, 6.07) is 11.4. The molecule has 0 aliphatic carbocycles. The summed E-state index contributed by atoms with van der Waals surface area (Å²) in [6.45, 7) is 2.83. The molecule has 0 aliphatic rings. The first-order chi connectivity index (χ1) is 9.61. The molecule has 0 saturated carbocycles. The molecule has 2 aromatic carbocycles. The highest BCUT2D eigenvalue weighted by Gasteiger charge is 2.17. The zero-order valence-corrected chi connectivity index (χ0v) is 13.3. The van der Waals surface area contributed by atoms with E-state index >= 15 is 0 Å². The highest BCUT2D eigenvalue weighted by Crippen LogP contribution is 2.26. The SMILES string of the molecule is CCCNC(c1cccc(I)c1)c1ccc(F)cc1F. The Balaban J connectivity index is 2.41. The summed E-state index contributed by atoms with van der Waals surface area (Å²) in [7, 11) is 0. The molecule has 1 atom stereocenters. The fourth-order valence-electron chi connectivity index (χ4n) is 2.12. The predicted molar refractivity (Wildman–Crippen MR) is 85.7 cm³/mol. The Labute approximate surface area is 131 Å². The number of benzene rings is 2. The van der Waals surface area contributed by atoms with Crippen molar-refractivity contribution in [2.24, 2.45) is 0 Å². The number of halogens is 3. The maximum Gasteiger partial charge on any atom is 0.131 e. The van der Waals surface area contributed by atoms with Crippen LogP contribution in [0.15, 0.2) is 42.5 Å². The Morgan fingerprint density at radius 2 is 1.95 bits per heavy atom. The molecular weight excluding hydrogens is 371 g/mol. The van der Waals surface area contributed by atoms with E-state index in [9.17, 15) is 8.78 Å². The van der Waals surface area contributed by atoms with Gasteiger partial charge in [-0.3, -0.25) is 0 Å². The van der Waals surface area contributed by atoms with Gasteiger partial charge in [-0.1, -0.05) is 25.1 Å². The second-order valence-electron chi connectivity index (χ2n) is 4.61. The van der Waals surface area contributed by atoms with Crippen molar-refractivity contribution >= 4 is 22.6 Å². The van der Waals surface area contributed by atoms with E-state index in [4.69, 9.17) is 0 Å². The van der Waals surface area contributed by atoms with Crippen molar-refractivity contribution in [3.8, 4) is 0 Å². The van der Waals surface area contributed by atoms with E-state index in [0.717, 1.165) is 28.2 Å². The minimum atomic E-state index is -0.553. The van der Waals surface area contributed by atoms with E-state index in [1.54, 1.807) is 0 Å². The highest BCUT2D eigenvalue weighted by molar-refractivity contribution is 14.1. The van der Waals surface area contributed by atoms with Crippen molar-refractivity contribution in [1.29, 1.82) is 0 Å². The van der Waals surface area contributed by atoms with Crippen molar-refractivity contribution in [3.63, 3.8) is 0 Å². The lowest BCUT2D eigenvalue weighted by atomic mass is 9.98. The number of nitrogens with one attached hydrogen (secondary N) is 1. The largest absolute Gasteiger partial charge is 0.306 e. The van der Waals surface area contributed by atoms with Gasteiger partial charge >= 0.3 is 0 Å². The van der Waals surface area contributed by atoms with Crippen molar-refractivity contribution < 1.29 is 8.78 Å². The molecule has 4 heteroatoms. The molecule has 0 bridgehead atoms.